The summed E-state index contributed by atoms with van der Waals surface area (Å²) in [6.45, 7) is 4.81. The number of benzene rings is 10. The van der Waals surface area contributed by atoms with E-state index in [2.05, 4.69) is 243 Å². The molecule has 0 atom stereocenters. The van der Waals surface area contributed by atoms with Crippen LogP contribution in [0.2, 0.25) is 0 Å². The molecule has 0 bridgehead atoms. The van der Waals surface area contributed by atoms with E-state index in [1.54, 1.807) is 0 Å². The van der Waals surface area contributed by atoms with E-state index in [4.69, 9.17) is 0 Å². The van der Waals surface area contributed by atoms with Crippen LogP contribution in [-0.2, 0) is 10.8 Å². The Balaban J connectivity index is 1.02. The minimum Gasteiger partial charge on any atom is -0.310 e. The number of para-hydroxylation sites is 1. The van der Waals surface area contributed by atoms with Crippen molar-refractivity contribution in [2.75, 3.05) is 4.90 Å². The number of nitrogens with zero attached hydrogens (tertiary/aromatic N) is 1. The Morgan fingerprint density at radius 2 is 0.762 bits per heavy atom. The zero-order chi connectivity index (χ0) is 41.9. The van der Waals surface area contributed by atoms with E-state index in [0.29, 0.717) is 0 Å². The fraction of sp³-hybridized carbons (Fsp3) is 0.0645. The monoisotopic (exact) mass is 801 g/mol. The van der Waals surface area contributed by atoms with Crippen molar-refractivity contribution < 1.29 is 0 Å². The third-order valence-electron chi connectivity index (χ3n) is 14.5. The summed E-state index contributed by atoms with van der Waals surface area (Å²) in [6.07, 6.45) is 0. The summed E-state index contributed by atoms with van der Waals surface area (Å²) < 4.78 is 0. The normalized spacial score (nSPS) is 14.1. The van der Waals surface area contributed by atoms with Gasteiger partial charge in [-0.15, -0.1) is 0 Å². The lowest BCUT2D eigenvalue weighted by Crippen LogP contribution is -2.26. The molecule has 0 N–H and O–H groups in total. The fourth-order valence-corrected chi connectivity index (χ4v) is 11.7. The topological polar surface area (TPSA) is 3.24 Å². The predicted octanol–water partition coefficient (Wildman–Crippen LogP) is 16.3. The van der Waals surface area contributed by atoms with Crippen LogP contribution in [0, 0.1) is 0 Å². The first-order valence-corrected chi connectivity index (χ1v) is 22.2. The van der Waals surface area contributed by atoms with Gasteiger partial charge in [0, 0.05) is 22.4 Å². The highest BCUT2D eigenvalue weighted by molar-refractivity contribution is 5.99. The van der Waals surface area contributed by atoms with Gasteiger partial charge in [-0.1, -0.05) is 202 Å². The SMILES string of the molecule is CC1(C)c2cc(-c3cccc4ccccc34)ccc2-c2ccc(N(c3ccc4c(c3)C3(c5ccccc5-c5ccccc53)c3ccccc3-4)c3ccccc3-c3ccccc3)cc21. The highest BCUT2D eigenvalue weighted by Crippen LogP contribution is 2.63. The molecule has 1 spiro atoms. The van der Waals surface area contributed by atoms with E-state index >= 15 is 0 Å². The van der Waals surface area contributed by atoms with Crippen LogP contribution in [0.3, 0.4) is 0 Å². The average Bonchev–Trinajstić information content (AvgIpc) is 3.90. The minimum absolute atomic E-state index is 0.229. The molecule has 10 aromatic carbocycles. The van der Waals surface area contributed by atoms with Crippen molar-refractivity contribution >= 4 is 27.8 Å². The van der Waals surface area contributed by atoms with Gasteiger partial charge in [0.2, 0.25) is 0 Å². The smallest absolute Gasteiger partial charge is 0.0726 e. The van der Waals surface area contributed by atoms with E-state index in [1.165, 1.54) is 99.8 Å². The van der Waals surface area contributed by atoms with Crippen molar-refractivity contribution in [2.45, 2.75) is 24.7 Å². The van der Waals surface area contributed by atoms with Gasteiger partial charge < -0.3 is 4.90 Å². The van der Waals surface area contributed by atoms with Gasteiger partial charge in [0.1, 0.15) is 0 Å². The Morgan fingerprint density at radius 1 is 0.302 bits per heavy atom. The van der Waals surface area contributed by atoms with Crippen LogP contribution in [-0.4, -0.2) is 0 Å². The lowest BCUT2D eigenvalue weighted by Gasteiger charge is -2.33. The number of fused-ring (bicyclic) bond motifs is 14. The van der Waals surface area contributed by atoms with Crippen molar-refractivity contribution in [2.24, 2.45) is 0 Å². The van der Waals surface area contributed by atoms with Crippen molar-refractivity contribution in [3.8, 4) is 55.6 Å². The molecule has 1 heteroatoms. The molecule has 0 unspecified atom stereocenters. The van der Waals surface area contributed by atoms with Crippen LogP contribution < -0.4 is 4.90 Å². The molecule has 3 aliphatic carbocycles. The van der Waals surface area contributed by atoms with E-state index in [0.717, 1.165) is 17.1 Å². The summed E-state index contributed by atoms with van der Waals surface area (Å²) >= 11 is 0. The van der Waals surface area contributed by atoms with Crippen molar-refractivity contribution in [1.82, 2.24) is 0 Å². The van der Waals surface area contributed by atoms with Crippen LogP contribution in [0.4, 0.5) is 17.1 Å². The maximum absolute atomic E-state index is 2.52. The first kappa shape index (κ1) is 36.0. The number of hydrogen-bond acceptors (Lipinski definition) is 1. The molecule has 63 heavy (non-hydrogen) atoms. The number of hydrogen-bond donors (Lipinski definition) is 0. The van der Waals surface area contributed by atoms with Crippen LogP contribution in [0.1, 0.15) is 47.2 Å². The molecule has 10 aromatic rings. The molecule has 0 saturated carbocycles. The molecule has 0 aliphatic heterocycles. The Bertz CT molecular complexity index is 3430. The number of rotatable bonds is 5. The molecule has 0 aromatic heterocycles. The highest BCUT2D eigenvalue weighted by Gasteiger charge is 2.51. The van der Waals surface area contributed by atoms with E-state index in [1.807, 2.05) is 0 Å². The van der Waals surface area contributed by atoms with Gasteiger partial charge in [0.25, 0.3) is 0 Å². The van der Waals surface area contributed by atoms with E-state index in [-0.39, 0.29) is 5.41 Å². The molecule has 1 nitrogen and oxygen atoms in total. The second-order valence-electron chi connectivity index (χ2n) is 18.0. The third-order valence-corrected chi connectivity index (χ3v) is 14.5. The Labute approximate surface area is 369 Å². The van der Waals surface area contributed by atoms with Crippen molar-refractivity contribution in [1.29, 1.82) is 0 Å². The molecule has 13 rings (SSSR count). The lowest BCUT2D eigenvalue weighted by atomic mass is 9.70. The maximum Gasteiger partial charge on any atom is 0.0726 e. The summed E-state index contributed by atoms with van der Waals surface area (Å²) in [5.41, 5.74) is 23.6. The van der Waals surface area contributed by atoms with Crippen molar-refractivity contribution in [3.63, 3.8) is 0 Å². The Morgan fingerprint density at radius 3 is 1.43 bits per heavy atom. The standard InChI is InChI=1S/C62H43N/c1-61(2)57-37-42(46-26-16-20-40-19-6-7-21-45(40)46)31-34-51(57)52-35-32-43(38-58(52)61)63(60-30-15-11-22-47(60)41-17-4-3-5-18-41)44-33-36-53-50-25-10-14-29-56(50)62(59(53)39-44)54-27-12-8-23-48(54)49-24-9-13-28-55(49)62/h3-39H,1-2H3. The van der Waals surface area contributed by atoms with Crippen LogP contribution in [0.25, 0.3) is 66.4 Å². The molecule has 0 heterocycles. The van der Waals surface area contributed by atoms with Gasteiger partial charge >= 0.3 is 0 Å². The van der Waals surface area contributed by atoms with Crippen LogP contribution in [0.15, 0.2) is 224 Å². The molecule has 0 amide bonds. The van der Waals surface area contributed by atoms with Gasteiger partial charge in [0.15, 0.2) is 0 Å². The predicted molar refractivity (Wildman–Crippen MR) is 263 cm³/mol. The van der Waals surface area contributed by atoms with E-state index < -0.39 is 5.41 Å². The van der Waals surface area contributed by atoms with Crippen LogP contribution in [0.5, 0.6) is 0 Å². The largest absolute Gasteiger partial charge is 0.310 e. The molecule has 0 fully saturated rings. The summed E-state index contributed by atoms with van der Waals surface area (Å²) in [4.78, 5) is 2.52. The summed E-state index contributed by atoms with van der Waals surface area (Å²) in [7, 11) is 0. The lowest BCUT2D eigenvalue weighted by molar-refractivity contribution is 0.660. The highest BCUT2D eigenvalue weighted by atomic mass is 15.1. The van der Waals surface area contributed by atoms with E-state index in [9.17, 15) is 0 Å². The van der Waals surface area contributed by atoms with Gasteiger partial charge in [-0.3, -0.25) is 0 Å². The zero-order valence-corrected chi connectivity index (χ0v) is 35.3. The summed E-state index contributed by atoms with van der Waals surface area (Å²) in [6, 6.07) is 84.0. The zero-order valence-electron chi connectivity index (χ0n) is 35.3. The van der Waals surface area contributed by atoms with Gasteiger partial charge in [-0.05, 0) is 131 Å². The molecular formula is C62H43N. The third kappa shape index (κ3) is 4.99. The molecular weight excluding hydrogens is 759 g/mol. The van der Waals surface area contributed by atoms with Crippen molar-refractivity contribution in [3.05, 3.63) is 258 Å². The summed E-state index contributed by atoms with van der Waals surface area (Å²) in [5, 5.41) is 2.55. The quantitative estimate of drug-likeness (QED) is 0.168. The summed E-state index contributed by atoms with van der Waals surface area (Å²) in [5.74, 6) is 0. The maximum atomic E-state index is 2.52. The molecule has 3 aliphatic rings. The first-order chi connectivity index (χ1) is 31.0. The Kier molecular flexibility index (Phi) is 7.64. The molecule has 0 radical (unpaired) electrons. The second kappa shape index (κ2) is 13.4. The fourth-order valence-electron chi connectivity index (χ4n) is 11.7. The Hall–Kier alpha value is -7.74. The minimum atomic E-state index is -0.441. The van der Waals surface area contributed by atoms with Crippen LogP contribution >= 0.6 is 0 Å². The van der Waals surface area contributed by atoms with Gasteiger partial charge in [-0.25, -0.2) is 0 Å². The second-order valence-corrected chi connectivity index (χ2v) is 18.0. The average molecular weight is 802 g/mol. The molecule has 296 valence electrons. The van der Waals surface area contributed by atoms with Gasteiger partial charge in [0.05, 0.1) is 11.1 Å². The molecule has 0 saturated heterocycles. The number of anilines is 3. The van der Waals surface area contributed by atoms with Gasteiger partial charge in [-0.2, -0.15) is 0 Å². The first-order valence-electron chi connectivity index (χ1n) is 22.2.